The number of nitrogens with one attached hydrogen (secondary N) is 2. The monoisotopic (exact) mass is 357 g/mol. The second-order valence-corrected chi connectivity index (χ2v) is 7.08. The number of nitrogens with zero attached hydrogens (tertiary/aromatic N) is 3. The number of carbonyl (C=O) groups is 1. The topological polar surface area (TPSA) is 61.7 Å². The summed E-state index contributed by atoms with van der Waals surface area (Å²) in [5.41, 5.74) is 1.26. The van der Waals surface area contributed by atoms with Crippen molar-refractivity contribution in [2.45, 2.75) is 26.8 Å². The molecule has 1 aromatic carbocycles. The molecule has 0 aliphatic carbocycles. The minimum atomic E-state index is -0.00513. The zero-order chi connectivity index (χ0) is 18.9. The molecule has 0 aliphatic rings. The summed E-state index contributed by atoms with van der Waals surface area (Å²) in [6, 6.07) is 10.6. The molecule has 142 valence electrons. The lowest BCUT2D eigenvalue weighted by Crippen LogP contribution is -2.40. The van der Waals surface area contributed by atoms with Crippen molar-refractivity contribution in [3.63, 3.8) is 0 Å². The summed E-state index contributed by atoms with van der Waals surface area (Å²) in [5.74, 6) is 1.21. The van der Waals surface area contributed by atoms with Crippen LogP contribution in [-0.2, 0) is 11.3 Å². The minimum absolute atomic E-state index is 0.00513. The molecular formula is C20H31N5O. The number of amides is 1. The Balaban J connectivity index is 1.85. The summed E-state index contributed by atoms with van der Waals surface area (Å²) in [4.78, 5) is 17.7. The maximum Gasteiger partial charge on any atom is 0.243 e. The van der Waals surface area contributed by atoms with Gasteiger partial charge in [-0.25, -0.2) is 4.99 Å². The van der Waals surface area contributed by atoms with Crippen LogP contribution in [0.5, 0.6) is 0 Å². The number of rotatable bonds is 8. The first-order chi connectivity index (χ1) is 12.5. The van der Waals surface area contributed by atoms with E-state index in [1.807, 2.05) is 0 Å². The van der Waals surface area contributed by atoms with Crippen LogP contribution >= 0.6 is 0 Å². The number of guanidine groups is 1. The third-order valence-corrected chi connectivity index (χ3v) is 4.10. The average molecular weight is 358 g/mol. The van der Waals surface area contributed by atoms with Crippen molar-refractivity contribution < 1.29 is 4.79 Å². The van der Waals surface area contributed by atoms with Crippen LogP contribution in [-0.4, -0.2) is 55.1 Å². The first-order valence-electron chi connectivity index (χ1n) is 9.23. The van der Waals surface area contributed by atoms with Crippen LogP contribution in [0, 0.1) is 5.92 Å². The van der Waals surface area contributed by atoms with Crippen molar-refractivity contribution in [1.82, 2.24) is 20.1 Å². The number of aromatic nitrogens is 1. The molecule has 0 bridgehead atoms. The van der Waals surface area contributed by atoms with Gasteiger partial charge in [-0.1, -0.05) is 32.0 Å². The highest BCUT2D eigenvalue weighted by Crippen LogP contribution is 2.15. The third kappa shape index (κ3) is 6.10. The van der Waals surface area contributed by atoms with Gasteiger partial charge in [0.05, 0.1) is 0 Å². The van der Waals surface area contributed by atoms with Gasteiger partial charge >= 0.3 is 0 Å². The lowest BCUT2D eigenvalue weighted by molar-refractivity contribution is -0.127. The largest absolute Gasteiger partial charge is 0.356 e. The molecule has 0 aliphatic heterocycles. The van der Waals surface area contributed by atoms with E-state index in [0.717, 1.165) is 26.1 Å². The fraction of sp³-hybridized carbons (Fsp3) is 0.500. The molecule has 0 fully saturated rings. The van der Waals surface area contributed by atoms with Crippen LogP contribution in [0.3, 0.4) is 0 Å². The van der Waals surface area contributed by atoms with Crippen LogP contribution in [0.4, 0.5) is 0 Å². The first kappa shape index (κ1) is 19.8. The standard InChI is InChI=1S/C20H31N5O/c1-16(2)14-22-20(23-15-19(26)24(3)4)21-11-7-12-25-13-10-17-8-5-6-9-18(17)25/h5-6,8-10,13,16H,7,11-12,14-15H2,1-4H3,(H2,21,22,23). The Morgan fingerprint density at radius 2 is 1.96 bits per heavy atom. The van der Waals surface area contributed by atoms with Crippen LogP contribution in [0.15, 0.2) is 41.5 Å². The van der Waals surface area contributed by atoms with Gasteiger partial charge in [0.15, 0.2) is 5.96 Å². The van der Waals surface area contributed by atoms with Crippen molar-refractivity contribution in [3.8, 4) is 0 Å². The van der Waals surface area contributed by atoms with E-state index in [9.17, 15) is 4.79 Å². The van der Waals surface area contributed by atoms with E-state index in [1.165, 1.54) is 10.9 Å². The van der Waals surface area contributed by atoms with E-state index in [-0.39, 0.29) is 12.5 Å². The Morgan fingerprint density at radius 3 is 2.69 bits per heavy atom. The van der Waals surface area contributed by atoms with Crippen LogP contribution in [0.2, 0.25) is 0 Å². The molecule has 6 heteroatoms. The summed E-state index contributed by atoms with van der Waals surface area (Å²) in [6.45, 7) is 7.01. The first-order valence-corrected chi connectivity index (χ1v) is 9.23. The van der Waals surface area contributed by atoms with Crippen molar-refractivity contribution in [1.29, 1.82) is 0 Å². The number of likely N-dealkylation sites (N-methyl/N-ethyl adjacent to an activating group) is 1. The number of carbonyl (C=O) groups excluding carboxylic acids is 1. The zero-order valence-corrected chi connectivity index (χ0v) is 16.3. The Kier molecular flexibility index (Phi) is 7.51. The van der Waals surface area contributed by atoms with Crippen molar-refractivity contribution in [2.75, 3.05) is 33.7 Å². The number of hydrogen-bond donors (Lipinski definition) is 2. The molecule has 0 unspecified atom stereocenters. The maximum atomic E-state index is 11.8. The highest BCUT2D eigenvalue weighted by Gasteiger charge is 2.05. The quantitative estimate of drug-likeness (QED) is 0.433. The molecule has 0 spiro atoms. The highest BCUT2D eigenvalue weighted by molar-refractivity contribution is 5.84. The van der Waals surface area contributed by atoms with E-state index in [4.69, 9.17) is 0 Å². The van der Waals surface area contributed by atoms with Gasteiger partial charge in [-0.05, 0) is 29.9 Å². The predicted octanol–water partition coefficient (Wildman–Crippen LogP) is 2.31. The molecule has 0 radical (unpaired) electrons. The molecule has 0 saturated heterocycles. The number of aryl methyl sites for hydroxylation is 1. The molecule has 0 saturated carbocycles. The van der Waals surface area contributed by atoms with Crippen LogP contribution in [0.25, 0.3) is 10.9 Å². The Morgan fingerprint density at radius 1 is 1.19 bits per heavy atom. The van der Waals surface area contributed by atoms with Crippen molar-refractivity contribution in [2.24, 2.45) is 10.9 Å². The molecule has 26 heavy (non-hydrogen) atoms. The third-order valence-electron chi connectivity index (χ3n) is 4.10. The normalized spacial score (nSPS) is 11.8. The van der Waals surface area contributed by atoms with Gasteiger partial charge in [-0.2, -0.15) is 0 Å². The summed E-state index contributed by atoms with van der Waals surface area (Å²) in [6.07, 6.45) is 3.11. The van der Waals surface area contributed by atoms with E-state index in [1.54, 1.807) is 19.0 Å². The second kappa shape index (κ2) is 9.85. The molecule has 6 nitrogen and oxygen atoms in total. The van der Waals surface area contributed by atoms with E-state index in [0.29, 0.717) is 11.9 Å². The van der Waals surface area contributed by atoms with E-state index in [2.05, 4.69) is 70.6 Å². The summed E-state index contributed by atoms with van der Waals surface area (Å²) < 4.78 is 2.27. The fourth-order valence-electron chi connectivity index (χ4n) is 2.55. The van der Waals surface area contributed by atoms with Gasteiger partial charge in [-0.3, -0.25) is 4.79 Å². The molecule has 1 aromatic heterocycles. The number of para-hydroxylation sites is 1. The molecule has 0 atom stereocenters. The van der Waals surface area contributed by atoms with Crippen LogP contribution in [0.1, 0.15) is 20.3 Å². The highest BCUT2D eigenvalue weighted by atomic mass is 16.2. The Hall–Kier alpha value is -2.50. The number of benzene rings is 1. The number of hydrogen-bond acceptors (Lipinski definition) is 2. The van der Waals surface area contributed by atoms with Crippen molar-refractivity contribution in [3.05, 3.63) is 36.5 Å². The predicted molar refractivity (Wildman–Crippen MR) is 108 cm³/mol. The zero-order valence-electron chi connectivity index (χ0n) is 16.3. The molecule has 1 heterocycles. The van der Waals surface area contributed by atoms with E-state index >= 15 is 0 Å². The molecule has 2 aromatic rings. The number of fused-ring (bicyclic) bond motifs is 1. The van der Waals surface area contributed by atoms with Gasteiger partial charge in [-0.15, -0.1) is 0 Å². The van der Waals surface area contributed by atoms with Crippen LogP contribution < -0.4 is 10.6 Å². The van der Waals surface area contributed by atoms with E-state index < -0.39 is 0 Å². The maximum absolute atomic E-state index is 11.8. The SMILES string of the molecule is CC(C)CNC(=NCC(=O)N(C)C)NCCCn1ccc2ccccc21. The van der Waals surface area contributed by atoms with Crippen molar-refractivity contribution >= 4 is 22.8 Å². The summed E-state index contributed by atoms with van der Waals surface area (Å²) >= 11 is 0. The molecule has 1 amide bonds. The average Bonchev–Trinajstić information content (AvgIpc) is 3.03. The minimum Gasteiger partial charge on any atom is -0.356 e. The lowest BCUT2D eigenvalue weighted by Gasteiger charge is -2.15. The smallest absolute Gasteiger partial charge is 0.243 e. The molecular weight excluding hydrogens is 326 g/mol. The van der Waals surface area contributed by atoms with Gasteiger partial charge in [0, 0.05) is 45.4 Å². The molecule has 2 rings (SSSR count). The Labute approximate surface area is 156 Å². The number of aliphatic imine (C=N–C) groups is 1. The lowest BCUT2D eigenvalue weighted by atomic mass is 10.2. The van der Waals surface area contributed by atoms with Gasteiger partial charge in [0.2, 0.25) is 5.91 Å². The Bertz CT molecular complexity index is 733. The van der Waals surface area contributed by atoms with Gasteiger partial charge in [0.1, 0.15) is 6.54 Å². The molecule has 2 N–H and O–H groups in total. The van der Waals surface area contributed by atoms with Gasteiger partial charge in [0.25, 0.3) is 0 Å². The second-order valence-electron chi connectivity index (χ2n) is 7.08. The summed E-state index contributed by atoms with van der Waals surface area (Å²) in [7, 11) is 3.49. The van der Waals surface area contributed by atoms with Gasteiger partial charge < -0.3 is 20.1 Å². The summed E-state index contributed by atoms with van der Waals surface area (Å²) in [5, 5.41) is 7.90. The fourth-order valence-corrected chi connectivity index (χ4v) is 2.55.